The Morgan fingerprint density at radius 1 is 1.52 bits per heavy atom. The van der Waals surface area contributed by atoms with Crippen LogP contribution in [0.25, 0.3) is 10.2 Å². The summed E-state index contributed by atoms with van der Waals surface area (Å²) in [5.41, 5.74) is 11.6. The highest BCUT2D eigenvalue weighted by Gasteiger charge is 2.18. The summed E-state index contributed by atoms with van der Waals surface area (Å²) >= 11 is 6.37. The quantitative estimate of drug-likeness (QED) is 0.486. The van der Waals surface area contributed by atoms with E-state index in [4.69, 9.17) is 22.7 Å². The van der Waals surface area contributed by atoms with Crippen LogP contribution in [-0.2, 0) is 4.74 Å². The van der Waals surface area contributed by atoms with Crippen LogP contribution in [0.1, 0.15) is 22.5 Å². The lowest BCUT2D eigenvalue weighted by molar-refractivity contribution is 0.0948. The third-order valence-corrected chi connectivity index (χ3v) is 4.89. The monoisotopic (exact) mass is 351 g/mol. The van der Waals surface area contributed by atoms with Crippen LogP contribution in [-0.4, -0.2) is 35.3 Å². The third kappa shape index (κ3) is 3.69. The van der Waals surface area contributed by atoms with E-state index in [1.54, 1.807) is 12.3 Å². The van der Waals surface area contributed by atoms with Crippen molar-refractivity contribution in [1.29, 1.82) is 0 Å². The molecular formula is C14H17N5O2S2. The zero-order valence-corrected chi connectivity index (χ0v) is 13.9. The van der Waals surface area contributed by atoms with E-state index in [1.165, 1.54) is 11.3 Å². The van der Waals surface area contributed by atoms with Crippen molar-refractivity contribution in [2.75, 3.05) is 18.9 Å². The van der Waals surface area contributed by atoms with Crippen LogP contribution in [0.2, 0.25) is 0 Å². The fourth-order valence-corrected chi connectivity index (χ4v) is 3.44. The lowest BCUT2D eigenvalue weighted by Gasteiger charge is -2.14. The molecule has 2 aromatic rings. The number of amides is 1. The lowest BCUT2D eigenvalue weighted by Crippen LogP contribution is -2.48. The van der Waals surface area contributed by atoms with Gasteiger partial charge in [0.1, 0.15) is 9.71 Å². The molecule has 0 aliphatic carbocycles. The number of carbonyl (C=O) groups excluding carboxylic acids is 1. The number of ether oxygens (including phenoxy) is 1. The number of fused-ring (bicyclic) bond motifs is 1. The van der Waals surface area contributed by atoms with Crippen molar-refractivity contribution in [3.63, 3.8) is 0 Å². The molecule has 23 heavy (non-hydrogen) atoms. The number of hydrogen-bond donors (Lipinski definition) is 4. The Bertz CT molecular complexity index is 727. The lowest BCUT2D eigenvalue weighted by atomic mass is 10.2. The van der Waals surface area contributed by atoms with Gasteiger partial charge < -0.3 is 15.8 Å². The zero-order chi connectivity index (χ0) is 16.2. The first-order valence-electron chi connectivity index (χ1n) is 7.24. The van der Waals surface area contributed by atoms with Crippen LogP contribution in [0.3, 0.4) is 0 Å². The fraction of sp³-hybridized carbons (Fsp3) is 0.357. The number of hydrazine groups is 1. The minimum atomic E-state index is -0.341. The number of pyridine rings is 1. The van der Waals surface area contributed by atoms with Crippen LogP contribution < -0.4 is 21.9 Å². The van der Waals surface area contributed by atoms with E-state index in [0.717, 1.165) is 29.7 Å². The van der Waals surface area contributed by atoms with Crippen molar-refractivity contribution < 1.29 is 9.53 Å². The third-order valence-electron chi connectivity index (χ3n) is 3.51. The SMILES string of the molecule is Nc1c(C(=O)NNC(=S)NC[C@H]2CCCO2)sc2ncccc12. The van der Waals surface area contributed by atoms with Crippen molar-refractivity contribution in [2.24, 2.45) is 0 Å². The number of nitrogens with zero attached hydrogens (tertiary/aromatic N) is 1. The maximum absolute atomic E-state index is 12.2. The average Bonchev–Trinajstić information content (AvgIpc) is 3.19. The topological polar surface area (TPSA) is 101 Å². The maximum atomic E-state index is 12.2. The fourth-order valence-electron chi connectivity index (χ4n) is 2.35. The second kappa shape index (κ2) is 7.07. The first-order valence-corrected chi connectivity index (χ1v) is 8.46. The number of anilines is 1. The van der Waals surface area contributed by atoms with Gasteiger partial charge in [-0.25, -0.2) is 4.98 Å². The molecule has 7 nitrogen and oxygen atoms in total. The Morgan fingerprint density at radius 2 is 2.39 bits per heavy atom. The number of thiocarbonyl (C=S) groups is 1. The highest BCUT2D eigenvalue weighted by atomic mass is 32.1. The summed E-state index contributed by atoms with van der Waals surface area (Å²) in [7, 11) is 0. The molecule has 2 aromatic heterocycles. The van der Waals surface area contributed by atoms with Gasteiger partial charge in [0.25, 0.3) is 5.91 Å². The van der Waals surface area contributed by atoms with Crippen molar-refractivity contribution >= 4 is 50.5 Å². The molecule has 1 saturated heterocycles. The van der Waals surface area contributed by atoms with Gasteiger partial charge in [0, 0.05) is 24.7 Å². The van der Waals surface area contributed by atoms with Gasteiger partial charge in [-0.2, -0.15) is 0 Å². The van der Waals surface area contributed by atoms with Gasteiger partial charge in [0.2, 0.25) is 0 Å². The van der Waals surface area contributed by atoms with E-state index in [9.17, 15) is 4.79 Å². The molecule has 0 radical (unpaired) electrons. The summed E-state index contributed by atoms with van der Waals surface area (Å²) < 4.78 is 5.49. The van der Waals surface area contributed by atoms with Gasteiger partial charge in [-0.1, -0.05) is 0 Å². The minimum Gasteiger partial charge on any atom is -0.397 e. The second-order valence-electron chi connectivity index (χ2n) is 5.13. The van der Waals surface area contributed by atoms with Gasteiger partial charge in [-0.15, -0.1) is 11.3 Å². The molecule has 0 spiro atoms. The Balaban J connectivity index is 1.53. The summed E-state index contributed by atoms with van der Waals surface area (Å²) in [5, 5.41) is 4.13. The largest absolute Gasteiger partial charge is 0.397 e. The summed E-state index contributed by atoms with van der Waals surface area (Å²) in [6.07, 6.45) is 3.94. The molecule has 1 atom stereocenters. The van der Waals surface area contributed by atoms with E-state index in [-0.39, 0.29) is 12.0 Å². The van der Waals surface area contributed by atoms with E-state index in [1.807, 2.05) is 6.07 Å². The summed E-state index contributed by atoms with van der Waals surface area (Å²) in [4.78, 5) is 17.6. The van der Waals surface area contributed by atoms with Crippen molar-refractivity contribution in [2.45, 2.75) is 18.9 Å². The molecule has 1 aliphatic heterocycles. The maximum Gasteiger partial charge on any atom is 0.281 e. The van der Waals surface area contributed by atoms with Gasteiger partial charge >= 0.3 is 0 Å². The van der Waals surface area contributed by atoms with Gasteiger partial charge in [0.05, 0.1) is 11.8 Å². The van der Waals surface area contributed by atoms with Crippen molar-refractivity contribution in [3.8, 4) is 0 Å². The molecule has 3 rings (SSSR count). The Labute approximate surface area is 142 Å². The normalized spacial score (nSPS) is 17.1. The standard InChI is InChI=1S/C14H17N5O2S2/c15-10-9-4-1-5-16-13(9)23-11(10)12(20)18-19-14(22)17-7-8-3-2-6-21-8/h1,4-5,8H,2-3,6-7,15H2,(H,18,20)(H2,17,19,22)/t8-/m1/s1. The number of thiophene rings is 1. The number of carbonyl (C=O) groups is 1. The van der Waals surface area contributed by atoms with Crippen LogP contribution in [0, 0.1) is 0 Å². The molecule has 9 heteroatoms. The molecule has 1 amide bonds. The molecular weight excluding hydrogens is 334 g/mol. The van der Waals surface area contributed by atoms with Crippen LogP contribution >= 0.6 is 23.6 Å². The highest BCUT2D eigenvalue weighted by Crippen LogP contribution is 2.31. The first kappa shape index (κ1) is 15.9. The second-order valence-corrected chi connectivity index (χ2v) is 6.53. The van der Waals surface area contributed by atoms with E-state index in [0.29, 0.717) is 22.2 Å². The Morgan fingerprint density at radius 3 is 3.13 bits per heavy atom. The first-order chi connectivity index (χ1) is 11.1. The molecule has 0 unspecified atom stereocenters. The minimum absolute atomic E-state index is 0.176. The number of hydrogen-bond acceptors (Lipinski definition) is 6. The molecule has 3 heterocycles. The molecule has 1 fully saturated rings. The summed E-state index contributed by atoms with van der Waals surface area (Å²) in [6.45, 7) is 1.42. The summed E-state index contributed by atoms with van der Waals surface area (Å²) in [6, 6.07) is 3.63. The molecule has 5 N–H and O–H groups in total. The number of nitrogen functional groups attached to an aromatic ring is 1. The predicted octanol–water partition coefficient (Wildman–Crippen LogP) is 1.17. The van der Waals surface area contributed by atoms with Crippen LogP contribution in [0.4, 0.5) is 5.69 Å². The van der Waals surface area contributed by atoms with Gasteiger partial charge in [-0.3, -0.25) is 15.6 Å². The smallest absolute Gasteiger partial charge is 0.281 e. The molecule has 1 aliphatic rings. The van der Waals surface area contributed by atoms with Crippen LogP contribution in [0.5, 0.6) is 0 Å². The summed E-state index contributed by atoms with van der Waals surface area (Å²) in [5.74, 6) is -0.341. The molecule has 0 saturated carbocycles. The van der Waals surface area contributed by atoms with Gasteiger partial charge in [-0.05, 0) is 37.2 Å². The van der Waals surface area contributed by atoms with E-state index in [2.05, 4.69) is 21.2 Å². The Hall–Kier alpha value is -1.97. The Kier molecular flexibility index (Phi) is 4.89. The molecule has 0 aromatic carbocycles. The van der Waals surface area contributed by atoms with E-state index >= 15 is 0 Å². The zero-order valence-electron chi connectivity index (χ0n) is 12.3. The van der Waals surface area contributed by atoms with E-state index < -0.39 is 0 Å². The number of rotatable bonds is 3. The molecule has 0 bridgehead atoms. The van der Waals surface area contributed by atoms with Crippen LogP contribution in [0.15, 0.2) is 18.3 Å². The predicted molar refractivity (Wildman–Crippen MR) is 94.2 cm³/mol. The number of nitrogens with two attached hydrogens (primary N) is 1. The number of nitrogens with one attached hydrogen (secondary N) is 3. The van der Waals surface area contributed by atoms with Crippen molar-refractivity contribution in [3.05, 3.63) is 23.2 Å². The molecule has 122 valence electrons. The average molecular weight is 351 g/mol. The van der Waals surface area contributed by atoms with Crippen molar-refractivity contribution in [1.82, 2.24) is 21.2 Å². The number of aromatic nitrogens is 1. The highest BCUT2D eigenvalue weighted by molar-refractivity contribution is 7.80. The van der Waals surface area contributed by atoms with Gasteiger partial charge in [0.15, 0.2) is 5.11 Å².